The first-order valence-electron chi connectivity index (χ1n) is 21.0. The van der Waals surface area contributed by atoms with Gasteiger partial charge in [-0.25, -0.2) is 9.13 Å². The van der Waals surface area contributed by atoms with Crippen LogP contribution >= 0.6 is 15.2 Å². The van der Waals surface area contributed by atoms with Gasteiger partial charge in [0, 0.05) is 66.1 Å². The van der Waals surface area contributed by atoms with Crippen LogP contribution in [0.2, 0.25) is 0 Å². The van der Waals surface area contributed by atoms with Crippen molar-refractivity contribution in [2.75, 3.05) is 72.9 Å². The minimum absolute atomic E-state index is 0.323. The molecule has 0 saturated carbocycles. The Labute approximate surface area is 366 Å². The SMILES string of the molecule is CCN(CC)CCOc1ccc2[nH]c(-c3n[nH]c4ccc(OP(C)(=O)O)cc34)cc2c1.CCN(CC)CCOc1ccc2[nH]c(-c3n[nH]c4ccc(OP(C)(=O)OC)cc34)cc2c1. The molecule has 0 spiro atoms. The van der Waals surface area contributed by atoms with Crippen molar-refractivity contribution >= 4 is 58.8 Å². The van der Waals surface area contributed by atoms with E-state index in [1.807, 2.05) is 54.6 Å². The fraction of sp³-hybridized carbons (Fsp3) is 0.333. The first kappa shape index (κ1) is 45.4. The van der Waals surface area contributed by atoms with Gasteiger partial charge in [0.25, 0.3) is 0 Å². The number of H-pyrrole nitrogens is 4. The Hall–Kier alpha value is -5.60. The third-order valence-corrected chi connectivity index (χ3v) is 12.5. The number of hydrogen-bond acceptors (Lipinski definition) is 11. The average molecular weight is 899 g/mol. The molecule has 18 heteroatoms. The van der Waals surface area contributed by atoms with Crippen LogP contribution in [0, 0.1) is 0 Å². The van der Waals surface area contributed by atoms with E-state index in [0.29, 0.717) is 30.4 Å². The zero-order valence-corrected chi connectivity index (χ0v) is 38.5. The van der Waals surface area contributed by atoms with E-state index in [0.717, 1.165) is 118 Å². The topological polar surface area (TPSA) is 196 Å². The molecule has 0 fully saturated rings. The highest BCUT2D eigenvalue weighted by molar-refractivity contribution is 7.53. The quantitative estimate of drug-likeness (QED) is 0.0483. The summed E-state index contributed by atoms with van der Waals surface area (Å²) in [5, 5.41) is 18.7. The standard InChI is InChI=1S/C23H29N4O4P.C22H27N4O4P/c1-5-27(6-2)11-12-30-17-7-9-20-16(13-17)14-22(24-20)23-19-15-18(31-32(4,28)29-3)8-10-21(19)25-26-23;1-4-26(5-2)10-11-29-16-6-8-19-15(12-16)13-21(23-19)22-18-14-17(30-31(3,27)28)7-9-20(18)24-25-22/h7-10,13-15,24H,5-6,11-12H2,1-4H3,(H,25,26);6-9,12-14,23H,4-5,10-11H2,1-3H3,(H,24,25)(H,27,28). The lowest BCUT2D eigenvalue weighted by atomic mass is 10.1. The molecule has 8 rings (SSSR count). The van der Waals surface area contributed by atoms with Crippen LogP contribution in [0.3, 0.4) is 0 Å². The van der Waals surface area contributed by atoms with Crippen LogP contribution in [0.1, 0.15) is 27.7 Å². The highest BCUT2D eigenvalue weighted by Gasteiger charge is 2.19. The summed E-state index contributed by atoms with van der Waals surface area (Å²) < 4.78 is 51.3. The Bertz CT molecular complexity index is 2890. The van der Waals surface area contributed by atoms with E-state index in [1.54, 1.807) is 24.3 Å². The highest BCUT2D eigenvalue weighted by atomic mass is 31.2. The van der Waals surface area contributed by atoms with Gasteiger partial charge in [-0.2, -0.15) is 10.2 Å². The van der Waals surface area contributed by atoms with Gasteiger partial charge < -0.3 is 47.7 Å². The lowest BCUT2D eigenvalue weighted by Crippen LogP contribution is -2.27. The number of nitrogens with one attached hydrogen (secondary N) is 4. The molecule has 4 aromatic carbocycles. The molecule has 0 radical (unpaired) electrons. The smallest absolute Gasteiger partial charge is 0.375 e. The number of fused-ring (bicyclic) bond motifs is 4. The van der Waals surface area contributed by atoms with E-state index in [-0.39, 0.29) is 0 Å². The summed E-state index contributed by atoms with van der Waals surface area (Å²) in [6.45, 7) is 18.4. The molecule has 2 unspecified atom stereocenters. The zero-order chi connectivity index (χ0) is 44.7. The number of aromatic nitrogens is 6. The number of ether oxygens (including phenoxy) is 2. The van der Waals surface area contributed by atoms with Crippen molar-refractivity contribution < 1.29 is 37.1 Å². The van der Waals surface area contributed by atoms with Crippen LogP contribution < -0.4 is 18.5 Å². The lowest BCUT2D eigenvalue weighted by Gasteiger charge is -2.17. The Balaban J connectivity index is 0.000000189. The molecule has 63 heavy (non-hydrogen) atoms. The van der Waals surface area contributed by atoms with Crippen LogP contribution in [0.15, 0.2) is 84.9 Å². The maximum atomic E-state index is 12.2. The second-order valence-electron chi connectivity index (χ2n) is 15.1. The summed E-state index contributed by atoms with van der Waals surface area (Å²) in [7, 11) is -5.42. The molecule has 0 aliphatic carbocycles. The summed E-state index contributed by atoms with van der Waals surface area (Å²) in [5.74, 6) is 2.46. The molecule has 2 atom stereocenters. The van der Waals surface area contributed by atoms with Gasteiger partial charge in [0.05, 0.1) is 22.4 Å². The lowest BCUT2D eigenvalue weighted by molar-refractivity contribution is 0.223. The Morgan fingerprint density at radius 1 is 0.571 bits per heavy atom. The largest absolute Gasteiger partial charge is 0.492 e. The number of likely N-dealkylation sites (N-methyl/N-ethyl adjacent to an activating group) is 2. The molecule has 4 heterocycles. The second-order valence-corrected chi connectivity index (χ2v) is 19.0. The van der Waals surface area contributed by atoms with Crippen molar-refractivity contribution in [1.82, 2.24) is 40.2 Å². The first-order chi connectivity index (χ1) is 30.3. The molecular formula is C45H56N8O8P2. The molecule has 0 saturated heterocycles. The van der Waals surface area contributed by atoms with Gasteiger partial charge in [-0.15, -0.1) is 0 Å². The number of aromatic amines is 4. The third kappa shape index (κ3) is 11.3. The van der Waals surface area contributed by atoms with Crippen molar-refractivity contribution in [1.29, 1.82) is 0 Å². The Morgan fingerprint density at radius 3 is 1.40 bits per heavy atom. The third-order valence-electron chi connectivity index (χ3n) is 10.8. The Kier molecular flexibility index (Phi) is 14.3. The molecule has 334 valence electrons. The van der Waals surface area contributed by atoms with Crippen LogP contribution in [-0.4, -0.2) is 118 Å². The van der Waals surface area contributed by atoms with Gasteiger partial charge in [0.2, 0.25) is 0 Å². The first-order valence-corrected chi connectivity index (χ1v) is 25.1. The summed E-state index contributed by atoms with van der Waals surface area (Å²) in [6, 6.07) is 26.6. The van der Waals surface area contributed by atoms with Crippen molar-refractivity contribution in [2.45, 2.75) is 27.7 Å². The number of nitrogens with zero attached hydrogens (tertiary/aromatic N) is 4. The van der Waals surface area contributed by atoms with E-state index >= 15 is 0 Å². The molecular weight excluding hydrogens is 842 g/mol. The number of benzene rings is 4. The predicted octanol–water partition coefficient (Wildman–Crippen LogP) is 9.91. The maximum absolute atomic E-state index is 12.2. The Morgan fingerprint density at radius 2 is 0.984 bits per heavy atom. The fourth-order valence-corrected chi connectivity index (χ4v) is 8.33. The summed E-state index contributed by atoms with van der Waals surface area (Å²) in [6.07, 6.45) is 0. The van der Waals surface area contributed by atoms with E-state index in [4.69, 9.17) is 23.0 Å². The number of rotatable bonds is 19. The molecule has 5 N–H and O–H groups in total. The van der Waals surface area contributed by atoms with Crippen LogP contribution in [0.5, 0.6) is 23.0 Å². The fourth-order valence-electron chi connectivity index (χ4n) is 7.26. The molecule has 0 amide bonds. The number of hydrogen-bond donors (Lipinski definition) is 5. The zero-order valence-electron chi connectivity index (χ0n) is 36.7. The van der Waals surface area contributed by atoms with Crippen LogP contribution in [0.4, 0.5) is 0 Å². The monoisotopic (exact) mass is 898 g/mol. The molecule has 8 aromatic rings. The minimum atomic E-state index is -3.64. The van der Waals surface area contributed by atoms with E-state index < -0.39 is 15.2 Å². The molecule has 0 bridgehead atoms. The molecule has 0 aliphatic rings. The minimum Gasteiger partial charge on any atom is -0.492 e. The van der Waals surface area contributed by atoms with Crippen LogP contribution in [-0.2, 0) is 13.7 Å². The average Bonchev–Trinajstić information content (AvgIpc) is 4.07. The molecule has 16 nitrogen and oxygen atoms in total. The van der Waals surface area contributed by atoms with E-state index in [2.05, 4.69) is 73.9 Å². The van der Waals surface area contributed by atoms with Crippen molar-refractivity contribution in [3.05, 3.63) is 84.9 Å². The van der Waals surface area contributed by atoms with Gasteiger partial charge in [-0.05, 0) is 111 Å². The van der Waals surface area contributed by atoms with Gasteiger partial charge in [0.15, 0.2) is 0 Å². The van der Waals surface area contributed by atoms with Gasteiger partial charge in [-0.1, -0.05) is 27.7 Å². The van der Waals surface area contributed by atoms with E-state index in [9.17, 15) is 14.0 Å². The van der Waals surface area contributed by atoms with Gasteiger partial charge in [-0.3, -0.25) is 10.2 Å². The molecule has 0 aliphatic heterocycles. The summed E-state index contributed by atoms with van der Waals surface area (Å²) >= 11 is 0. The highest BCUT2D eigenvalue weighted by Crippen LogP contribution is 2.44. The van der Waals surface area contributed by atoms with E-state index in [1.165, 1.54) is 13.8 Å². The van der Waals surface area contributed by atoms with Crippen molar-refractivity contribution in [3.8, 4) is 45.8 Å². The summed E-state index contributed by atoms with van der Waals surface area (Å²) in [4.78, 5) is 21.0. The molecule has 4 aromatic heterocycles. The van der Waals surface area contributed by atoms with Gasteiger partial charge >= 0.3 is 15.2 Å². The maximum Gasteiger partial charge on any atom is 0.375 e. The summed E-state index contributed by atoms with van der Waals surface area (Å²) in [5.41, 5.74) is 6.82. The normalized spacial score (nSPS) is 13.7. The second kappa shape index (κ2) is 19.8. The van der Waals surface area contributed by atoms with Crippen LogP contribution in [0.25, 0.3) is 66.4 Å². The van der Waals surface area contributed by atoms with Gasteiger partial charge in [0.1, 0.15) is 47.6 Å². The van der Waals surface area contributed by atoms with Crippen molar-refractivity contribution in [2.24, 2.45) is 0 Å². The predicted molar refractivity (Wildman–Crippen MR) is 251 cm³/mol. The van der Waals surface area contributed by atoms with Crippen molar-refractivity contribution in [3.63, 3.8) is 0 Å².